The summed E-state index contributed by atoms with van der Waals surface area (Å²) in [6.45, 7) is 10.9. The van der Waals surface area contributed by atoms with Gasteiger partial charge in [-0.05, 0) is 12.8 Å². The first kappa shape index (κ1) is 17.5. The van der Waals surface area contributed by atoms with E-state index in [9.17, 15) is 4.79 Å². The Morgan fingerprint density at radius 1 is 1.08 bits per heavy atom. The second-order valence-electron chi connectivity index (χ2n) is 7.56. The number of likely N-dealkylation sites (tertiary alicyclic amines) is 1. The Bertz CT molecular complexity index is 464. The van der Waals surface area contributed by atoms with Gasteiger partial charge in [-0.1, -0.05) is 6.92 Å². The molecule has 7 nitrogen and oxygen atoms in total. The highest BCUT2D eigenvalue weighted by Gasteiger charge is 2.34. The summed E-state index contributed by atoms with van der Waals surface area (Å²) >= 11 is 0. The van der Waals surface area contributed by atoms with Crippen LogP contribution in [0.4, 0.5) is 0 Å². The van der Waals surface area contributed by atoms with Gasteiger partial charge in [0.25, 0.3) is 0 Å². The third-order valence-electron chi connectivity index (χ3n) is 5.28. The molecule has 1 N–H and O–H groups in total. The molecule has 3 rings (SSSR count). The number of hydrogen-bond acceptors (Lipinski definition) is 4. The van der Waals surface area contributed by atoms with Gasteiger partial charge in [-0.2, -0.15) is 0 Å². The molecule has 0 atom stereocenters. The first-order chi connectivity index (χ1) is 11.6. The highest BCUT2D eigenvalue weighted by atomic mass is 16.5. The van der Waals surface area contributed by atoms with Crippen molar-refractivity contribution >= 4 is 11.9 Å². The van der Waals surface area contributed by atoms with Crippen molar-refractivity contribution in [3.05, 3.63) is 0 Å². The van der Waals surface area contributed by atoms with Crippen molar-refractivity contribution in [1.82, 2.24) is 20.0 Å². The molecule has 0 aliphatic carbocycles. The number of nitrogens with one attached hydrogen (secondary N) is 1. The molecule has 0 saturated carbocycles. The first-order valence-electron chi connectivity index (χ1n) is 9.13. The lowest BCUT2D eigenvalue weighted by Crippen LogP contribution is -2.56. The van der Waals surface area contributed by atoms with Gasteiger partial charge in [-0.15, -0.1) is 0 Å². The number of amides is 1. The molecule has 0 unspecified atom stereocenters. The van der Waals surface area contributed by atoms with E-state index in [1.165, 1.54) is 0 Å². The summed E-state index contributed by atoms with van der Waals surface area (Å²) in [5, 5.41) is 3.48. The lowest BCUT2D eigenvalue weighted by Gasteiger charge is -2.41. The molecule has 0 aromatic heterocycles. The van der Waals surface area contributed by atoms with Gasteiger partial charge in [-0.25, -0.2) is 0 Å². The van der Waals surface area contributed by atoms with Crippen LogP contribution in [0.2, 0.25) is 0 Å². The van der Waals surface area contributed by atoms with E-state index in [4.69, 9.17) is 4.74 Å². The third-order valence-corrected chi connectivity index (χ3v) is 5.28. The molecule has 7 heteroatoms. The summed E-state index contributed by atoms with van der Waals surface area (Å²) in [4.78, 5) is 23.2. The van der Waals surface area contributed by atoms with E-state index in [1.54, 1.807) is 0 Å². The monoisotopic (exact) mass is 337 g/mol. The number of hydrogen-bond donors (Lipinski definition) is 1. The Labute approximate surface area is 145 Å². The predicted molar refractivity (Wildman–Crippen MR) is 94.1 cm³/mol. The van der Waals surface area contributed by atoms with Crippen LogP contribution in [0.3, 0.4) is 0 Å². The average Bonchev–Trinajstić information content (AvgIpc) is 3.10. The third kappa shape index (κ3) is 4.19. The zero-order valence-corrected chi connectivity index (χ0v) is 15.1. The lowest BCUT2D eigenvalue weighted by molar-refractivity contribution is -0.131. The molecule has 3 aliphatic heterocycles. The van der Waals surface area contributed by atoms with Crippen molar-refractivity contribution < 1.29 is 9.53 Å². The molecule has 0 aromatic carbocycles. The van der Waals surface area contributed by atoms with Crippen molar-refractivity contribution in [2.45, 2.75) is 19.8 Å². The summed E-state index contributed by atoms with van der Waals surface area (Å²) in [5.74, 6) is 1.26. The number of carbonyl (C=O) groups excluding carboxylic acids is 1. The van der Waals surface area contributed by atoms with E-state index < -0.39 is 0 Å². The highest BCUT2D eigenvalue weighted by molar-refractivity contribution is 5.80. The number of rotatable bonds is 4. The average molecular weight is 337 g/mol. The molecular formula is C17H31N5O2. The van der Waals surface area contributed by atoms with Crippen LogP contribution in [-0.4, -0.2) is 99.2 Å². The van der Waals surface area contributed by atoms with Crippen LogP contribution in [0.5, 0.6) is 0 Å². The van der Waals surface area contributed by atoms with E-state index >= 15 is 0 Å². The largest absolute Gasteiger partial charge is 0.380 e. The number of ether oxygens (including phenoxy) is 1. The molecule has 0 aromatic rings. The zero-order chi connectivity index (χ0) is 17.0. The van der Waals surface area contributed by atoms with Crippen LogP contribution in [0.15, 0.2) is 4.99 Å². The van der Waals surface area contributed by atoms with Crippen LogP contribution in [-0.2, 0) is 9.53 Å². The Balaban J connectivity index is 1.40. The van der Waals surface area contributed by atoms with E-state index in [0.717, 1.165) is 77.8 Å². The molecule has 3 fully saturated rings. The fraction of sp³-hybridized carbons (Fsp3) is 0.882. The molecule has 0 radical (unpaired) electrons. The first-order valence-corrected chi connectivity index (χ1v) is 9.13. The number of piperazine rings is 1. The molecule has 3 saturated heterocycles. The van der Waals surface area contributed by atoms with Crippen molar-refractivity contribution in [2.75, 3.05) is 72.6 Å². The normalized spacial score (nSPS) is 24.8. The van der Waals surface area contributed by atoms with Crippen molar-refractivity contribution in [2.24, 2.45) is 10.4 Å². The number of carbonyl (C=O) groups is 1. The van der Waals surface area contributed by atoms with Crippen LogP contribution >= 0.6 is 0 Å². The summed E-state index contributed by atoms with van der Waals surface area (Å²) < 4.78 is 5.31. The number of nitrogens with zero attached hydrogens (tertiary/aromatic N) is 4. The fourth-order valence-corrected chi connectivity index (χ4v) is 3.55. The molecule has 136 valence electrons. The number of aliphatic imine (C=N–C) groups is 1. The maximum Gasteiger partial charge on any atom is 0.236 e. The van der Waals surface area contributed by atoms with E-state index in [1.807, 2.05) is 11.9 Å². The molecule has 0 spiro atoms. The van der Waals surface area contributed by atoms with Gasteiger partial charge in [0, 0.05) is 58.3 Å². The SMILES string of the molecule is CN=C(NCC1(C)COC1)N1CCN(CC(=O)N2CCCC2)CC1. The Morgan fingerprint density at radius 3 is 2.29 bits per heavy atom. The molecule has 24 heavy (non-hydrogen) atoms. The van der Waals surface area contributed by atoms with Crippen LogP contribution < -0.4 is 5.32 Å². The Morgan fingerprint density at radius 2 is 1.75 bits per heavy atom. The van der Waals surface area contributed by atoms with Crippen molar-refractivity contribution in [3.8, 4) is 0 Å². The lowest BCUT2D eigenvalue weighted by atomic mass is 9.89. The maximum absolute atomic E-state index is 12.3. The minimum Gasteiger partial charge on any atom is -0.380 e. The van der Waals surface area contributed by atoms with Gasteiger partial charge in [-0.3, -0.25) is 14.7 Å². The van der Waals surface area contributed by atoms with Crippen LogP contribution in [0, 0.1) is 5.41 Å². The fourth-order valence-electron chi connectivity index (χ4n) is 3.55. The van der Waals surface area contributed by atoms with Crippen LogP contribution in [0.1, 0.15) is 19.8 Å². The van der Waals surface area contributed by atoms with Crippen LogP contribution in [0.25, 0.3) is 0 Å². The standard InChI is InChI=1S/C17H31N5O2/c1-17(13-24-14-17)12-19-16(18-2)22-9-7-20(8-10-22)11-15(23)21-5-3-4-6-21/h3-14H2,1-2H3,(H,18,19). The van der Waals surface area contributed by atoms with Crippen molar-refractivity contribution in [3.63, 3.8) is 0 Å². The summed E-state index contributed by atoms with van der Waals surface area (Å²) in [5.41, 5.74) is 0.236. The van der Waals surface area contributed by atoms with Gasteiger partial charge in [0.2, 0.25) is 5.91 Å². The minimum atomic E-state index is 0.236. The number of guanidine groups is 1. The van der Waals surface area contributed by atoms with Gasteiger partial charge in [0.1, 0.15) is 0 Å². The molecule has 0 bridgehead atoms. The van der Waals surface area contributed by atoms with Crippen molar-refractivity contribution in [1.29, 1.82) is 0 Å². The second kappa shape index (κ2) is 7.70. The second-order valence-corrected chi connectivity index (χ2v) is 7.56. The Hall–Kier alpha value is -1.34. The Kier molecular flexibility index (Phi) is 5.61. The van der Waals surface area contributed by atoms with Gasteiger partial charge in [0.05, 0.1) is 19.8 Å². The molecule has 3 heterocycles. The quantitative estimate of drug-likeness (QED) is 0.571. The topological polar surface area (TPSA) is 60.4 Å². The molecular weight excluding hydrogens is 306 g/mol. The van der Waals surface area contributed by atoms with E-state index in [-0.39, 0.29) is 5.41 Å². The predicted octanol–water partition coefficient (Wildman–Crippen LogP) is -0.162. The summed E-state index contributed by atoms with van der Waals surface area (Å²) in [7, 11) is 1.84. The van der Waals surface area contributed by atoms with Gasteiger partial charge in [0.15, 0.2) is 5.96 Å². The molecule has 1 amide bonds. The van der Waals surface area contributed by atoms with E-state index in [2.05, 4.69) is 27.0 Å². The highest BCUT2D eigenvalue weighted by Crippen LogP contribution is 2.25. The van der Waals surface area contributed by atoms with Gasteiger partial charge < -0.3 is 19.9 Å². The summed E-state index contributed by atoms with van der Waals surface area (Å²) in [6.07, 6.45) is 2.32. The molecule has 3 aliphatic rings. The van der Waals surface area contributed by atoms with E-state index in [0.29, 0.717) is 12.5 Å². The minimum absolute atomic E-state index is 0.236. The smallest absolute Gasteiger partial charge is 0.236 e. The maximum atomic E-state index is 12.3. The van der Waals surface area contributed by atoms with Gasteiger partial charge >= 0.3 is 0 Å². The summed E-state index contributed by atoms with van der Waals surface area (Å²) in [6, 6.07) is 0. The zero-order valence-electron chi connectivity index (χ0n) is 15.1.